The van der Waals surface area contributed by atoms with Crippen molar-refractivity contribution in [3.8, 4) is 0 Å². The Morgan fingerprint density at radius 1 is 1.41 bits per heavy atom. The SMILES string of the molecule is O=C(O)C1=C(ONNC(F)(F)F)CC(S)(S)C1. The van der Waals surface area contributed by atoms with Crippen molar-refractivity contribution in [1.82, 2.24) is 11.0 Å². The minimum Gasteiger partial charge on any atom is -0.478 e. The van der Waals surface area contributed by atoms with Crippen molar-refractivity contribution in [1.29, 1.82) is 0 Å². The van der Waals surface area contributed by atoms with Crippen LogP contribution in [0.1, 0.15) is 12.8 Å². The zero-order valence-corrected chi connectivity index (χ0v) is 10.00. The molecule has 0 aromatic heterocycles. The molecule has 0 aromatic carbocycles. The summed E-state index contributed by atoms with van der Waals surface area (Å²) in [7, 11) is 0. The Labute approximate surface area is 105 Å². The first kappa shape index (κ1) is 14.5. The Morgan fingerprint density at radius 2 is 2.00 bits per heavy atom. The maximum atomic E-state index is 11.7. The number of thiol groups is 2. The average Bonchev–Trinajstić information content (AvgIpc) is 2.39. The van der Waals surface area contributed by atoms with Gasteiger partial charge in [-0.25, -0.2) is 4.79 Å². The molecule has 5 nitrogen and oxygen atoms in total. The van der Waals surface area contributed by atoms with Crippen molar-refractivity contribution in [3.05, 3.63) is 11.3 Å². The molecule has 0 heterocycles. The summed E-state index contributed by atoms with van der Waals surface area (Å²) in [6.07, 6.45) is -4.70. The Morgan fingerprint density at radius 3 is 2.47 bits per heavy atom. The molecule has 0 atom stereocenters. The van der Waals surface area contributed by atoms with Gasteiger partial charge < -0.3 is 9.94 Å². The summed E-state index contributed by atoms with van der Waals surface area (Å²) in [6.45, 7) is 0. The molecule has 0 saturated heterocycles. The monoisotopic (exact) mass is 290 g/mol. The maximum absolute atomic E-state index is 11.7. The van der Waals surface area contributed by atoms with Crippen LogP contribution in [0.2, 0.25) is 0 Å². The molecule has 0 bridgehead atoms. The van der Waals surface area contributed by atoms with Crippen LogP contribution in [0, 0.1) is 0 Å². The van der Waals surface area contributed by atoms with Gasteiger partial charge in [0.25, 0.3) is 0 Å². The fourth-order valence-corrected chi connectivity index (χ4v) is 1.85. The van der Waals surface area contributed by atoms with Gasteiger partial charge in [0.15, 0.2) is 0 Å². The van der Waals surface area contributed by atoms with Crippen LogP contribution < -0.4 is 11.0 Å². The summed E-state index contributed by atoms with van der Waals surface area (Å²) in [5, 5.41) is 8.80. The first-order chi connectivity index (χ1) is 7.61. The highest BCUT2D eigenvalue weighted by Gasteiger charge is 2.38. The first-order valence-electron chi connectivity index (χ1n) is 4.26. The van der Waals surface area contributed by atoms with E-state index in [1.54, 1.807) is 0 Å². The molecule has 1 aliphatic rings. The summed E-state index contributed by atoms with van der Waals surface area (Å²) >= 11 is 8.10. The van der Waals surface area contributed by atoms with E-state index in [0.717, 1.165) is 5.43 Å². The molecular formula is C7H9F3N2O3S2. The lowest BCUT2D eigenvalue weighted by molar-refractivity contribution is -0.192. The van der Waals surface area contributed by atoms with Crippen molar-refractivity contribution in [2.45, 2.75) is 23.2 Å². The third-order valence-corrected chi connectivity index (χ3v) is 2.50. The number of carboxylic acids is 1. The number of hydrogen-bond donors (Lipinski definition) is 5. The predicted molar refractivity (Wildman–Crippen MR) is 58.0 cm³/mol. The van der Waals surface area contributed by atoms with Gasteiger partial charge in [-0.3, -0.25) is 0 Å². The van der Waals surface area contributed by atoms with Gasteiger partial charge in [0.05, 0.1) is 9.65 Å². The highest BCUT2D eigenvalue weighted by Crippen LogP contribution is 2.42. The van der Waals surface area contributed by atoms with E-state index in [1.807, 2.05) is 0 Å². The van der Waals surface area contributed by atoms with Crippen LogP contribution in [0.3, 0.4) is 0 Å². The first-order valence-corrected chi connectivity index (χ1v) is 5.16. The number of aliphatic carboxylic acids is 1. The van der Waals surface area contributed by atoms with E-state index >= 15 is 0 Å². The van der Waals surface area contributed by atoms with Gasteiger partial charge in [-0.05, 0) is 0 Å². The lowest BCUT2D eigenvalue weighted by Gasteiger charge is -2.15. The third-order valence-electron chi connectivity index (χ3n) is 1.87. The molecule has 1 aliphatic carbocycles. The van der Waals surface area contributed by atoms with Crippen molar-refractivity contribution in [2.75, 3.05) is 0 Å². The minimum atomic E-state index is -4.68. The van der Waals surface area contributed by atoms with Gasteiger partial charge in [0.2, 0.25) is 0 Å². The third kappa shape index (κ3) is 4.66. The molecule has 0 radical (unpaired) electrons. The molecule has 10 heteroatoms. The summed E-state index contributed by atoms with van der Waals surface area (Å²) in [6, 6.07) is 0. The molecule has 0 amide bonds. The van der Waals surface area contributed by atoms with Crippen LogP contribution in [0.4, 0.5) is 13.2 Å². The number of nitrogens with one attached hydrogen (secondary N) is 2. The Hall–Kier alpha value is -0.580. The summed E-state index contributed by atoms with van der Waals surface area (Å²) in [5.74, 6) is -1.42. The highest BCUT2D eigenvalue weighted by atomic mass is 32.2. The fraction of sp³-hybridized carbons (Fsp3) is 0.571. The van der Waals surface area contributed by atoms with Gasteiger partial charge in [-0.2, -0.15) is 38.4 Å². The van der Waals surface area contributed by atoms with Crippen molar-refractivity contribution < 1.29 is 27.9 Å². The normalized spacial score (nSPS) is 19.6. The summed E-state index contributed by atoms with van der Waals surface area (Å²) in [4.78, 5) is 15.3. The largest absolute Gasteiger partial charge is 0.478 e. The molecule has 0 fully saturated rings. The number of allylic oxidation sites excluding steroid dienone is 1. The van der Waals surface area contributed by atoms with E-state index < -0.39 is 16.3 Å². The van der Waals surface area contributed by atoms with Crippen LogP contribution in [-0.2, 0) is 9.63 Å². The molecular weight excluding hydrogens is 281 g/mol. The Kier molecular flexibility index (Phi) is 4.23. The van der Waals surface area contributed by atoms with E-state index in [2.05, 4.69) is 30.1 Å². The lowest BCUT2D eigenvalue weighted by atomic mass is 10.2. The van der Waals surface area contributed by atoms with Crippen molar-refractivity contribution in [2.24, 2.45) is 0 Å². The van der Waals surface area contributed by atoms with E-state index in [1.165, 1.54) is 5.59 Å². The zero-order valence-electron chi connectivity index (χ0n) is 8.21. The van der Waals surface area contributed by atoms with Crippen molar-refractivity contribution >= 4 is 31.2 Å². The maximum Gasteiger partial charge on any atom is 0.473 e. The topological polar surface area (TPSA) is 70.6 Å². The molecule has 1 rings (SSSR count). The van der Waals surface area contributed by atoms with E-state index in [4.69, 9.17) is 5.11 Å². The van der Waals surface area contributed by atoms with Crippen LogP contribution in [0.5, 0.6) is 0 Å². The molecule has 3 N–H and O–H groups in total. The molecule has 0 saturated carbocycles. The predicted octanol–water partition coefficient (Wildman–Crippen LogP) is 1.22. The average molecular weight is 290 g/mol. The highest BCUT2D eigenvalue weighted by molar-refractivity contribution is 8.00. The second-order valence-electron chi connectivity index (χ2n) is 3.37. The number of carboxylic acid groups (broad SMARTS) is 1. The second kappa shape index (κ2) is 4.96. The Balaban J connectivity index is 2.61. The summed E-state index contributed by atoms with van der Waals surface area (Å²) in [5.41, 5.74) is 2.15. The van der Waals surface area contributed by atoms with E-state index in [9.17, 15) is 18.0 Å². The second-order valence-corrected chi connectivity index (χ2v) is 5.43. The standard InChI is InChI=1S/C7H9F3N2O3S2/c8-7(9,10)11-12-15-4-2-6(16,17)1-3(4)5(13)14/h11-12,16-17H,1-2H2,(H,13,14). The number of halogens is 3. The number of hydrogen-bond acceptors (Lipinski definition) is 6. The van der Waals surface area contributed by atoms with Crippen LogP contribution in [-0.4, -0.2) is 21.5 Å². The van der Waals surface area contributed by atoms with Gasteiger partial charge in [-0.1, -0.05) is 5.59 Å². The molecule has 98 valence electrons. The number of hydrazine groups is 1. The molecule has 0 spiro atoms. The number of rotatable bonds is 4. The molecule has 0 aromatic rings. The van der Waals surface area contributed by atoms with E-state index in [-0.39, 0.29) is 24.2 Å². The van der Waals surface area contributed by atoms with Gasteiger partial charge in [-0.15, -0.1) is 5.43 Å². The van der Waals surface area contributed by atoms with Crippen LogP contribution >= 0.6 is 25.3 Å². The van der Waals surface area contributed by atoms with Crippen LogP contribution in [0.25, 0.3) is 0 Å². The minimum absolute atomic E-state index is 0.00655. The molecule has 17 heavy (non-hydrogen) atoms. The van der Waals surface area contributed by atoms with Gasteiger partial charge in [0, 0.05) is 12.8 Å². The molecule has 0 aliphatic heterocycles. The fourth-order valence-electron chi connectivity index (χ4n) is 1.25. The van der Waals surface area contributed by atoms with Crippen LogP contribution in [0.15, 0.2) is 11.3 Å². The van der Waals surface area contributed by atoms with Gasteiger partial charge >= 0.3 is 12.3 Å². The number of carbonyl (C=O) groups is 1. The lowest BCUT2D eigenvalue weighted by Crippen LogP contribution is -2.43. The zero-order chi connectivity index (χ0) is 13.3. The van der Waals surface area contributed by atoms with Crippen molar-refractivity contribution in [3.63, 3.8) is 0 Å². The number of alkyl halides is 3. The Bertz CT molecular complexity index is 357. The molecule has 0 unspecified atom stereocenters. The smallest absolute Gasteiger partial charge is 0.473 e. The van der Waals surface area contributed by atoms with Gasteiger partial charge in [0.1, 0.15) is 5.76 Å². The quantitative estimate of drug-likeness (QED) is 0.233. The van der Waals surface area contributed by atoms with E-state index in [0.29, 0.717) is 0 Å². The summed E-state index contributed by atoms with van der Waals surface area (Å²) < 4.78 is 34.2.